The van der Waals surface area contributed by atoms with Crippen LogP contribution in [0.25, 0.3) is 0 Å². The number of carbonyl (C=O) groups excluding carboxylic acids is 2. The Bertz CT molecular complexity index is 279. The molecule has 1 aliphatic rings. The number of amides is 2. The van der Waals surface area contributed by atoms with E-state index in [1.54, 1.807) is 4.90 Å². The normalized spacial score (nSPS) is 25.0. The molecule has 1 fully saturated rings. The van der Waals surface area contributed by atoms with E-state index in [9.17, 15) is 9.59 Å². The number of nitrogens with zero attached hydrogens (tertiary/aromatic N) is 1. The van der Waals surface area contributed by atoms with Crippen LogP contribution in [0.5, 0.6) is 0 Å². The third-order valence-electron chi connectivity index (χ3n) is 3.30. The van der Waals surface area contributed by atoms with Crippen molar-refractivity contribution in [1.82, 2.24) is 10.2 Å². The highest BCUT2D eigenvalue weighted by atomic mass is 16.2. The molecule has 0 aromatic rings. The van der Waals surface area contributed by atoms with Gasteiger partial charge in [-0.1, -0.05) is 33.6 Å². The first-order valence-electron chi connectivity index (χ1n) is 6.76. The average molecular weight is 240 g/mol. The zero-order valence-corrected chi connectivity index (χ0v) is 11.2. The first kappa shape index (κ1) is 14.0. The van der Waals surface area contributed by atoms with Crippen LogP contribution in [0.2, 0.25) is 0 Å². The second-order valence-electron chi connectivity index (χ2n) is 4.66. The molecule has 0 aromatic carbocycles. The van der Waals surface area contributed by atoms with Crippen LogP contribution in [0.1, 0.15) is 52.9 Å². The number of nitrogens with one attached hydrogen (secondary N) is 1. The van der Waals surface area contributed by atoms with E-state index in [1.165, 1.54) is 0 Å². The lowest BCUT2D eigenvalue weighted by molar-refractivity contribution is -0.149. The van der Waals surface area contributed by atoms with Crippen molar-refractivity contribution in [2.24, 2.45) is 0 Å². The van der Waals surface area contributed by atoms with Gasteiger partial charge in [-0.3, -0.25) is 9.59 Å². The Morgan fingerprint density at radius 3 is 2.41 bits per heavy atom. The van der Waals surface area contributed by atoms with Crippen molar-refractivity contribution in [3.8, 4) is 0 Å². The fraction of sp³-hybridized carbons (Fsp3) is 0.846. The molecule has 0 radical (unpaired) electrons. The average Bonchev–Trinajstić information content (AvgIpc) is 2.33. The number of carbonyl (C=O) groups is 2. The molecule has 98 valence electrons. The fourth-order valence-electron chi connectivity index (χ4n) is 2.26. The molecule has 0 aliphatic carbocycles. The highest BCUT2D eigenvalue weighted by Crippen LogP contribution is 2.17. The summed E-state index contributed by atoms with van der Waals surface area (Å²) in [5, 5.41) is 2.83. The summed E-state index contributed by atoms with van der Waals surface area (Å²) >= 11 is 0. The van der Waals surface area contributed by atoms with E-state index >= 15 is 0 Å². The zero-order chi connectivity index (χ0) is 12.8. The van der Waals surface area contributed by atoms with Crippen LogP contribution >= 0.6 is 0 Å². The Morgan fingerprint density at radius 1 is 1.18 bits per heavy atom. The highest BCUT2D eigenvalue weighted by molar-refractivity contribution is 5.96. The molecule has 1 N–H and O–H groups in total. The van der Waals surface area contributed by atoms with Crippen molar-refractivity contribution in [3.05, 3.63) is 0 Å². The quantitative estimate of drug-likeness (QED) is 0.768. The van der Waals surface area contributed by atoms with Crippen molar-refractivity contribution in [2.75, 3.05) is 6.54 Å². The van der Waals surface area contributed by atoms with Crippen molar-refractivity contribution in [2.45, 2.75) is 65.0 Å². The van der Waals surface area contributed by atoms with Crippen LogP contribution in [0.3, 0.4) is 0 Å². The highest BCUT2D eigenvalue weighted by Gasteiger charge is 2.38. The lowest BCUT2D eigenvalue weighted by Crippen LogP contribution is -2.63. The van der Waals surface area contributed by atoms with Gasteiger partial charge in [0.05, 0.1) is 0 Å². The lowest BCUT2D eigenvalue weighted by atomic mass is 10.0. The molecule has 2 amide bonds. The Labute approximate surface area is 104 Å². The SMILES string of the molecule is CCCCN1C(=O)C(CC)NC(=O)C1CCC. The predicted octanol–water partition coefficient (Wildman–Crippen LogP) is 1.69. The fourth-order valence-corrected chi connectivity index (χ4v) is 2.26. The minimum Gasteiger partial charge on any atom is -0.343 e. The summed E-state index contributed by atoms with van der Waals surface area (Å²) in [7, 11) is 0. The minimum atomic E-state index is -0.313. The van der Waals surface area contributed by atoms with Crippen LogP contribution in [0.15, 0.2) is 0 Å². The summed E-state index contributed by atoms with van der Waals surface area (Å²) in [5.41, 5.74) is 0. The largest absolute Gasteiger partial charge is 0.343 e. The number of hydrogen-bond acceptors (Lipinski definition) is 2. The number of piperazine rings is 1. The van der Waals surface area contributed by atoms with Gasteiger partial charge in [0.15, 0.2) is 0 Å². The molecule has 1 saturated heterocycles. The molecule has 0 bridgehead atoms. The lowest BCUT2D eigenvalue weighted by Gasteiger charge is -2.38. The van der Waals surface area contributed by atoms with Gasteiger partial charge in [0, 0.05) is 6.54 Å². The third-order valence-corrected chi connectivity index (χ3v) is 3.30. The van der Waals surface area contributed by atoms with Crippen LogP contribution < -0.4 is 5.32 Å². The molecule has 4 heteroatoms. The van der Waals surface area contributed by atoms with Gasteiger partial charge in [-0.2, -0.15) is 0 Å². The molecule has 1 rings (SSSR count). The second kappa shape index (κ2) is 6.62. The maximum Gasteiger partial charge on any atom is 0.245 e. The standard InChI is InChI=1S/C13H24N2O2/c1-4-7-9-15-11(8-5-2)12(16)14-10(6-3)13(15)17/h10-11H,4-9H2,1-3H3,(H,14,16). The van der Waals surface area contributed by atoms with Gasteiger partial charge in [0.1, 0.15) is 12.1 Å². The summed E-state index contributed by atoms with van der Waals surface area (Å²) in [6.45, 7) is 6.78. The third kappa shape index (κ3) is 3.20. The Morgan fingerprint density at radius 2 is 1.88 bits per heavy atom. The smallest absolute Gasteiger partial charge is 0.245 e. The van der Waals surface area contributed by atoms with Crippen molar-refractivity contribution in [1.29, 1.82) is 0 Å². The van der Waals surface area contributed by atoms with Gasteiger partial charge >= 0.3 is 0 Å². The van der Waals surface area contributed by atoms with E-state index in [1.807, 2.05) is 13.8 Å². The van der Waals surface area contributed by atoms with Crippen molar-refractivity contribution in [3.63, 3.8) is 0 Å². The molecular formula is C13H24N2O2. The zero-order valence-electron chi connectivity index (χ0n) is 11.2. The summed E-state index contributed by atoms with van der Waals surface area (Å²) in [6.07, 6.45) is 4.37. The van der Waals surface area contributed by atoms with Crippen LogP contribution in [-0.4, -0.2) is 35.3 Å². The Balaban J connectivity index is 2.79. The summed E-state index contributed by atoms with van der Waals surface area (Å²) in [6, 6.07) is -0.561. The van der Waals surface area contributed by atoms with Gasteiger partial charge in [0.2, 0.25) is 11.8 Å². The molecule has 0 aromatic heterocycles. The van der Waals surface area contributed by atoms with E-state index < -0.39 is 0 Å². The first-order chi connectivity index (χ1) is 8.15. The molecule has 1 aliphatic heterocycles. The number of rotatable bonds is 6. The van der Waals surface area contributed by atoms with Gasteiger partial charge in [-0.05, 0) is 19.3 Å². The van der Waals surface area contributed by atoms with Crippen LogP contribution in [-0.2, 0) is 9.59 Å². The Kier molecular flexibility index (Phi) is 5.45. The van der Waals surface area contributed by atoms with Gasteiger partial charge in [-0.25, -0.2) is 0 Å². The predicted molar refractivity (Wildman–Crippen MR) is 67.5 cm³/mol. The van der Waals surface area contributed by atoms with Crippen LogP contribution in [0, 0.1) is 0 Å². The molecule has 0 spiro atoms. The molecule has 2 atom stereocenters. The van der Waals surface area contributed by atoms with Gasteiger partial charge in [-0.15, -0.1) is 0 Å². The molecule has 17 heavy (non-hydrogen) atoms. The summed E-state index contributed by atoms with van der Waals surface area (Å²) in [4.78, 5) is 26.0. The maximum absolute atomic E-state index is 12.2. The van der Waals surface area contributed by atoms with E-state index in [2.05, 4.69) is 12.2 Å². The summed E-state index contributed by atoms with van der Waals surface area (Å²) in [5.74, 6) is 0.119. The maximum atomic E-state index is 12.2. The van der Waals surface area contributed by atoms with E-state index in [0.717, 1.165) is 25.7 Å². The van der Waals surface area contributed by atoms with E-state index in [0.29, 0.717) is 13.0 Å². The van der Waals surface area contributed by atoms with Gasteiger partial charge in [0.25, 0.3) is 0 Å². The van der Waals surface area contributed by atoms with E-state index in [4.69, 9.17) is 0 Å². The summed E-state index contributed by atoms with van der Waals surface area (Å²) < 4.78 is 0. The van der Waals surface area contributed by atoms with Crippen molar-refractivity contribution < 1.29 is 9.59 Å². The molecule has 4 nitrogen and oxygen atoms in total. The second-order valence-corrected chi connectivity index (χ2v) is 4.66. The molecule has 0 saturated carbocycles. The number of unbranched alkanes of at least 4 members (excludes halogenated alkanes) is 1. The van der Waals surface area contributed by atoms with Crippen molar-refractivity contribution >= 4 is 11.8 Å². The monoisotopic (exact) mass is 240 g/mol. The molecule has 2 unspecified atom stereocenters. The first-order valence-corrected chi connectivity index (χ1v) is 6.76. The van der Waals surface area contributed by atoms with E-state index in [-0.39, 0.29) is 23.9 Å². The Hall–Kier alpha value is -1.06. The molecule has 1 heterocycles. The van der Waals surface area contributed by atoms with Crippen LogP contribution in [0.4, 0.5) is 0 Å². The van der Waals surface area contributed by atoms with Gasteiger partial charge < -0.3 is 10.2 Å². The molecular weight excluding hydrogens is 216 g/mol. The number of hydrogen-bond donors (Lipinski definition) is 1. The topological polar surface area (TPSA) is 49.4 Å². The minimum absolute atomic E-state index is 0.0226.